The molecule has 2 rings (SSSR count). The van der Waals surface area contributed by atoms with Gasteiger partial charge in [-0.3, -0.25) is 4.79 Å². The molecule has 0 bridgehead atoms. The van der Waals surface area contributed by atoms with Crippen LogP contribution in [0.5, 0.6) is 0 Å². The van der Waals surface area contributed by atoms with Gasteiger partial charge in [0.1, 0.15) is 12.4 Å². The van der Waals surface area contributed by atoms with Crippen molar-refractivity contribution < 1.29 is 14.7 Å². The summed E-state index contributed by atoms with van der Waals surface area (Å²) >= 11 is 0. The Bertz CT molecular complexity index is 576. The smallest absolute Gasteiger partial charge is 0.358 e. The highest BCUT2D eigenvalue weighted by Crippen LogP contribution is 2.04. The molecule has 2 heterocycles. The summed E-state index contributed by atoms with van der Waals surface area (Å²) in [5, 5.41) is 18.3. The Kier molecular flexibility index (Phi) is 3.55. The largest absolute Gasteiger partial charge is 0.476 e. The molecule has 2 aromatic heterocycles. The molecule has 1 amide bonds. The number of nitrogens with zero attached hydrogens (tertiary/aromatic N) is 4. The molecule has 0 spiro atoms. The lowest BCUT2D eigenvalue weighted by molar-refractivity contribution is -0.122. The fraction of sp³-hybridized carbons (Fsp3) is 0.300. The lowest BCUT2D eigenvalue weighted by atomic mass is 10.3. The molecule has 0 aliphatic rings. The zero-order valence-electron chi connectivity index (χ0n) is 10.1. The first-order valence-corrected chi connectivity index (χ1v) is 5.48. The van der Waals surface area contributed by atoms with Crippen LogP contribution < -0.4 is 5.32 Å². The first kappa shape index (κ1) is 12.7. The number of H-pyrrole nitrogens is 1. The topological polar surface area (TPSA) is 126 Å². The molecule has 0 aliphatic heterocycles. The molecule has 2 aromatic rings. The van der Waals surface area contributed by atoms with Crippen molar-refractivity contribution >= 4 is 11.9 Å². The van der Waals surface area contributed by atoms with Gasteiger partial charge in [-0.1, -0.05) is 5.21 Å². The second-order valence-corrected chi connectivity index (χ2v) is 3.87. The van der Waals surface area contributed by atoms with Gasteiger partial charge in [0.15, 0.2) is 5.69 Å². The average Bonchev–Trinajstić information content (AvgIpc) is 2.98. The maximum Gasteiger partial charge on any atom is 0.358 e. The van der Waals surface area contributed by atoms with Crippen LogP contribution in [0.25, 0.3) is 0 Å². The molecule has 19 heavy (non-hydrogen) atoms. The summed E-state index contributed by atoms with van der Waals surface area (Å²) in [5.74, 6) is -0.862. The van der Waals surface area contributed by atoms with Crippen molar-refractivity contribution in [3.63, 3.8) is 0 Å². The van der Waals surface area contributed by atoms with Crippen molar-refractivity contribution in [3.8, 4) is 0 Å². The number of hydrogen-bond donors (Lipinski definition) is 3. The van der Waals surface area contributed by atoms with Crippen molar-refractivity contribution in [3.05, 3.63) is 30.1 Å². The molecular formula is C10H12N6O3. The van der Waals surface area contributed by atoms with Crippen LogP contribution in [-0.4, -0.2) is 41.9 Å². The quantitative estimate of drug-likeness (QED) is 0.673. The summed E-state index contributed by atoms with van der Waals surface area (Å²) in [6, 6.07) is -0.273. The Morgan fingerprint density at radius 2 is 2.37 bits per heavy atom. The van der Waals surface area contributed by atoms with Crippen LogP contribution in [0.1, 0.15) is 29.3 Å². The number of amides is 1. The van der Waals surface area contributed by atoms with Gasteiger partial charge in [0.2, 0.25) is 5.91 Å². The Labute approximate surface area is 107 Å². The van der Waals surface area contributed by atoms with Gasteiger partial charge in [-0.2, -0.15) is 0 Å². The van der Waals surface area contributed by atoms with Crippen LogP contribution in [0.4, 0.5) is 0 Å². The zero-order chi connectivity index (χ0) is 13.8. The molecule has 0 radical (unpaired) electrons. The average molecular weight is 264 g/mol. The van der Waals surface area contributed by atoms with E-state index in [1.165, 1.54) is 6.20 Å². The molecule has 3 N–H and O–H groups in total. The molecule has 0 fully saturated rings. The predicted molar refractivity (Wildman–Crippen MR) is 62.1 cm³/mol. The van der Waals surface area contributed by atoms with Gasteiger partial charge in [-0.15, -0.1) is 5.10 Å². The van der Waals surface area contributed by atoms with E-state index in [9.17, 15) is 9.59 Å². The zero-order valence-corrected chi connectivity index (χ0v) is 10.1. The van der Waals surface area contributed by atoms with Crippen LogP contribution >= 0.6 is 0 Å². The minimum atomic E-state index is -1.18. The summed E-state index contributed by atoms with van der Waals surface area (Å²) in [6.45, 7) is 1.67. The minimum absolute atomic E-state index is 0.106. The number of hydrogen-bond acceptors (Lipinski definition) is 5. The molecule has 0 aromatic carbocycles. The highest BCUT2D eigenvalue weighted by atomic mass is 16.4. The van der Waals surface area contributed by atoms with E-state index in [2.05, 4.69) is 25.6 Å². The summed E-state index contributed by atoms with van der Waals surface area (Å²) in [7, 11) is 0. The van der Waals surface area contributed by atoms with Crippen LogP contribution in [0.2, 0.25) is 0 Å². The molecule has 100 valence electrons. The standard InChI is InChI=1S/C10H12N6O3/c1-6(9-11-2-3-12-9)13-8(17)5-16-4-7(10(18)19)14-15-16/h2-4,6H,5H2,1H3,(H,11,12)(H,13,17)(H,18,19). The van der Waals surface area contributed by atoms with Gasteiger partial charge in [0, 0.05) is 12.4 Å². The van der Waals surface area contributed by atoms with E-state index in [0.29, 0.717) is 5.82 Å². The maximum atomic E-state index is 11.7. The summed E-state index contributed by atoms with van der Waals surface area (Å²) in [5.41, 5.74) is -0.202. The first-order chi connectivity index (χ1) is 9.06. The number of nitrogens with one attached hydrogen (secondary N) is 2. The SMILES string of the molecule is CC(NC(=O)Cn1cc(C(=O)O)nn1)c1ncc[nH]1. The molecular weight excluding hydrogens is 252 g/mol. The van der Waals surface area contributed by atoms with Gasteiger partial charge < -0.3 is 15.4 Å². The van der Waals surface area contributed by atoms with E-state index in [1.807, 2.05) is 0 Å². The monoisotopic (exact) mass is 264 g/mol. The first-order valence-electron chi connectivity index (χ1n) is 5.48. The fourth-order valence-corrected chi connectivity index (χ4v) is 1.49. The number of carbonyl (C=O) groups excluding carboxylic acids is 1. The van der Waals surface area contributed by atoms with Crippen molar-refractivity contribution in [2.45, 2.75) is 19.5 Å². The Morgan fingerprint density at radius 1 is 1.58 bits per heavy atom. The van der Waals surface area contributed by atoms with E-state index in [-0.39, 0.29) is 24.2 Å². The Hall–Kier alpha value is -2.71. The van der Waals surface area contributed by atoms with Crippen molar-refractivity contribution in [2.24, 2.45) is 0 Å². The molecule has 0 aliphatic carbocycles. The number of carboxylic acid groups (broad SMARTS) is 1. The second-order valence-electron chi connectivity index (χ2n) is 3.87. The van der Waals surface area contributed by atoms with Gasteiger partial charge in [0.05, 0.1) is 12.2 Å². The van der Waals surface area contributed by atoms with Crippen LogP contribution in [0.3, 0.4) is 0 Å². The van der Waals surface area contributed by atoms with E-state index in [0.717, 1.165) is 4.68 Å². The van der Waals surface area contributed by atoms with Crippen molar-refractivity contribution in [1.29, 1.82) is 0 Å². The molecule has 0 saturated carbocycles. The number of aromatic nitrogens is 5. The van der Waals surface area contributed by atoms with Crippen molar-refractivity contribution in [1.82, 2.24) is 30.3 Å². The molecule has 1 unspecified atom stereocenters. The molecule has 0 saturated heterocycles. The summed E-state index contributed by atoms with van der Waals surface area (Å²) in [4.78, 5) is 29.2. The Morgan fingerprint density at radius 3 is 2.95 bits per heavy atom. The van der Waals surface area contributed by atoms with Crippen LogP contribution in [-0.2, 0) is 11.3 Å². The Balaban J connectivity index is 1.92. The summed E-state index contributed by atoms with van der Waals surface area (Å²) < 4.78 is 1.16. The number of carboxylic acids is 1. The molecule has 1 atom stereocenters. The van der Waals surface area contributed by atoms with E-state index >= 15 is 0 Å². The lowest BCUT2D eigenvalue weighted by Crippen LogP contribution is -2.30. The third kappa shape index (κ3) is 3.15. The highest BCUT2D eigenvalue weighted by molar-refractivity contribution is 5.84. The third-order valence-electron chi connectivity index (χ3n) is 2.37. The summed E-state index contributed by atoms with van der Waals surface area (Å²) in [6.07, 6.45) is 4.45. The lowest BCUT2D eigenvalue weighted by Gasteiger charge is -2.10. The van der Waals surface area contributed by atoms with E-state index in [4.69, 9.17) is 5.11 Å². The van der Waals surface area contributed by atoms with Crippen LogP contribution in [0, 0.1) is 0 Å². The van der Waals surface area contributed by atoms with Crippen LogP contribution in [0.15, 0.2) is 18.6 Å². The van der Waals surface area contributed by atoms with Crippen molar-refractivity contribution in [2.75, 3.05) is 0 Å². The third-order valence-corrected chi connectivity index (χ3v) is 2.37. The maximum absolute atomic E-state index is 11.7. The predicted octanol–water partition coefficient (Wildman–Crippen LogP) is -0.423. The molecule has 9 nitrogen and oxygen atoms in total. The number of imidazole rings is 1. The van der Waals surface area contributed by atoms with E-state index in [1.54, 1.807) is 19.3 Å². The van der Waals surface area contributed by atoms with Gasteiger partial charge in [0.25, 0.3) is 0 Å². The normalized spacial score (nSPS) is 12.1. The molecule has 9 heteroatoms. The second kappa shape index (κ2) is 5.29. The van der Waals surface area contributed by atoms with E-state index < -0.39 is 5.97 Å². The highest BCUT2D eigenvalue weighted by Gasteiger charge is 2.14. The van der Waals surface area contributed by atoms with Gasteiger partial charge in [-0.25, -0.2) is 14.5 Å². The number of aromatic carboxylic acids is 1. The number of rotatable bonds is 5. The fourth-order valence-electron chi connectivity index (χ4n) is 1.49. The van der Waals surface area contributed by atoms with Gasteiger partial charge >= 0.3 is 5.97 Å². The minimum Gasteiger partial charge on any atom is -0.476 e. The number of aromatic amines is 1. The van der Waals surface area contributed by atoms with Gasteiger partial charge in [-0.05, 0) is 6.92 Å². The number of carbonyl (C=O) groups is 2.